The van der Waals surface area contributed by atoms with E-state index in [1.807, 2.05) is 0 Å². The fourth-order valence-electron chi connectivity index (χ4n) is 4.36. The monoisotopic (exact) mass is 182 g/mol. The van der Waals surface area contributed by atoms with Crippen molar-refractivity contribution in [3.63, 3.8) is 0 Å². The molecule has 0 aromatic rings. The highest BCUT2D eigenvalue weighted by Crippen LogP contribution is 2.59. The summed E-state index contributed by atoms with van der Waals surface area (Å²) in [6.07, 6.45) is 5.79. The maximum absolute atomic E-state index is 9.96. The van der Waals surface area contributed by atoms with Crippen LogP contribution >= 0.6 is 0 Å². The van der Waals surface area contributed by atoms with Gasteiger partial charge in [0.2, 0.25) is 0 Å². The van der Waals surface area contributed by atoms with Gasteiger partial charge in [-0.3, -0.25) is 0 Å². The highest BCUT2D eigenvalue weighted by Gasteiger charge is 2.54. The molecule has 2 atom stereocenters. The Morgan fingerprint density at radius 3 is 2.23 bits per heavy atom. The number of rotatable bonds is 1. The maximum atomic E-state index is 9.96. The first-order valence-corrected chi connectivity index (χ1v) is 5.51. The molecule has 4 rings (SSSR count). The summed E-state index contributed by atoms with van der Waals surface area (Å²) in [5.41, 5.74) is 0.218. The van der Waals surface area contributed by atoms with Crippen molar-refractivity contribution in [2.24, 2.45) is 23.2 Å². The smallest absolute Gasteiger partial charge is 0.0597 e. The molecule has 0 aliphatic heterocycles. The van der Waals surface area contributed by atoms with E-state index in [9.17, 15) is 10.2 Å². The first-order valence-electron chi connectivity index (χ1n) is 5.51. The molecule has 4 bridgehead atoms. The minimum absolute atomic E-state index is 0.0452. The number of hydrogen-bond donors (Lipinski definition) is 2. The highest BCUT2D eigenvalue weighted by atomic mass is 16.3. The topological polar surface area (TPSA) is 40.5 Å². The molecule has 74 valence electrons. The third kappa shape index (κ3) is 1.02. The van der Waals surface area contributed by atoms with E-state index >= 15 is 0 Å². The number of aliphatic hydroxyl groups excluding tert-OH is 2. The Morgan fingerprint density at radius 1 is 1.08 bits per heavy atom. The van der Waals surface area contributed by atoms with Crippen molar-refractivity contribution < 1.29 is 10.2 Å². The quantitative estimate of drug-likeness (QED) is 0.639. The van der Waals surface area contributed by atoms with Crippen molar-refractivity contribution in [2.45, 2.75) is 38.2 Å². The van der Waals surface area contributed by atoms with E-state index in [0.717, 1.165) is 18.8 Å². The van der Waals surface area contributed by atoms with E-state index in [1.54, 1.807) is 0 Å². The lowest BCUT2D eigenvalue weighted by Crippen LogP contribution is -2.54. The van der Waals surface area contributed by atoms with Gasteiger partial charge in [0, 0.05) is 6.61 Å². The largest absolute Gasteiger partial charge is 0.396 e. The fourth-order valence-corrected chi connectivity index (χ4v) is 4.36. The molecule has 2 nitrogen and oxygen atoms in total. The van der Waals surface area contributed by atoms with Crippen molar-refractivity contribution in [1.82, 2.24) is 0 Å². The predicted molar refractivity (Wildman–Crippen MR) is 49.1 cm³/mol. The summed E-state index contributed by atoms with van der Waals surface area (Å²) in [6.45, 7) is 0.350. The van der Waals surface area contributed by atoms with E-state index in [4.69, 9.17) is 0 Å². The summed E-state index contributed by atoms with van der Waals surface area (Å²) in [6, 6.07) is 0. The van der Waals surface area contributed by atoms with Gasteiger partial charge < -0.3 is 10.2 Å². The highest BCUT2D eigenvalue weighted by molar-refractivity contribution is 5.04. The molecular formula is C11H18O2. The van der Waals surface area contributed by atoms with Crippen molar-refractivity contribution >= 4 is 0 Å². The molecule has 2 N–H and O–H groups in total. The van der Waals surface area contributed by atoms with Crippen molar-refractivity contribution in [3.8, 4) is 0 Å². The Bertz CT molecular complexity index is 210. The molecule has 0 heterocycles. The third-order valence-electron chi connectivity index (χ3n) is 4.69. The molecular weight excluding hydrogens is 164 g/mol. The Hall–Kier alpha value is -0.0800. The van der Waals surface area contributed by atoms with E-state index in [1.165, 1.54) is 19.3 Å². The zero-order valence-corrected chi connectivity index (χ0v) is 7.95. The fraction of sp³-hybridized carbons (Fsp3) is 1.00. The van der Waals surface area contributed by atoms with Crippen LogP contribution in [0.25, 0.3) is 0 Å². The molecule has 0 radical (unpaired) electrons. The number of aliphatic hydroxyl groups is 2. The van der Waals surface area contributed by atoms with Crippen LogP contribution in [-0.2, 0) is 0 Å². The second kappa shape index (κ2) is 2.48. The summed E-state index contributed by atoms with van der Waals surface area (Å²) in [4.78, 5) is 0. The second-order valence-corrected chi connectivity index (χ2v) is 5.62. The van der Waals surface area contributed by atoms with E-state index in [0.29, 0.717) is 18.4 Å². The molecule has 2 heteroatoms. The van der Waals surface area contributed by atoms with Crippen LogP contribution in [0.4, 0.5) is 0 Å². The lowest BCUT2D eigenvalue weighted by atomic mass is 9.49. The molecule has 13 heavy (non-hydrogen) atoms. The van der Waals surface area contributed by atoms with E-state index < -0.39 is 0 Å². The van der Waals surface area contributed by atoms with Gasteiger partial charge in [-0.1, -0.05) is 0 Å². The zero-order valence-electron chi connectivity index (χ0n) is 7.95. The minimum atomic E-state index is -0.0452. The average molecular weight is 182 g/mol. The minimum Gasteiger partial charge on any atom is -0.396 e. The Morgan fingerprint density at radius 2 is 1.69 bits per heavy atom. The predicted octanol–water partition coefficient (Wildman–Crippen LogP) is 1.17. The van der Waals surface area contributed by atoms with Gasteiger partial charge in [0.05, 0.1) is 6.10 Å². The molecule has 0 saturated heterocycles. The molecule has 0 spiro atoms. The summed E-state index contributed by atoms with van der Waals surface area (Å²) in [5.74, 6) is 1.84. The lowest BCUT2D eigenvalue weighted by molar-refractivity contribution is -0.147. The lowest BCUT2D eigenvalue weighted by Gasteiger charge is -2.58. The van der Waals surface area contributed by atoms with Gasteiger partial charge in [0.1, 0.15) is 0 Å². The number of hydrogen-bond acceptors (Lipinski definition) is 2. The van der Waals surface area contributed by atoms with Gasteiger partial charge >= 0.3 is 0 Å². The summed E-state index contributed by atoms with van der Waals surface area (Å²) >= 11 is 0. The van der Waals surface area contributed by atoms with Crippen LogP contribution in [-0.4, -0.2) is 22.9 Å². The van der Waals surface area contributed by atoms with Crippen LogP contribution in [0.5, 0.6) is 0 Å². The Balaban J connectivity index is 1.92. The molecule has 0 amide bonds. The van der Waals surface area contributed by atoms with E-state index in [-0.39, 0.29) is 11.5 Å². The standard InChI is InChI=1S/C11H18O2/c12-6-11-3-7-1-8(4-11)10(13)9(2-7)5-11/h7-10,12-13H,1-6H2. The molecule has 4 aliphatic carbocycles. The van der Waals surface area contributed by atoms with Crippen LogP contribution in [0.15, 0.2) is 0 Å². The normalized spacial score (nSPS) is 58.6. The maximum Gasteiger partial charge on any atom is 0.0597 e. The molecule has 4 aliphatic rings. The van der Waals surface area contributed by atoms with Crippen LogP contribution < -0.4 is 0 Å². The van der Waals surface area contributed by atoms with Crippen LogP contribution in [0.3, 0.4) is 0 Å². The summed E-state index contributed by atoms with van der Waals surface area (Å²) in [5, 5.41) is 19.4. The first-order chi connectivity index (χ1) is 6.22. The first kappa shape index (κ1) is 8.25. The van der Waals surface area contributed by atoms with Gasteiger partial charge in [-0.25, -0.2) is 0 Å². The summed E-state index contributed by atoms with van der Waals surface area (Å²) < 4.78 is 0. The van der Waals surface area contributed by atoms with Crippen LogP contribution in [0, 0.1) is 23.2 Å². The second-order valence-electron chi connectivity index (χ2n) is 5.62. The zero-order chi connectivity index (χ0) is 9.05. The van der Waals surface area contributed by atoms with E-state index in [2.05, 4.69) is 0 Å². The van der Waals surface area contributed by atoms with Crippen molar-refractivity contribution in [1.29, 1.82) is 0 Å². The van der Waals surface area contributed by atoms with Crippen molar-refractivity contribution in [3.05, 3.63) is 0 Å². The molecule has 4 saturated carbocycles. The van der Waals surface area contributed by atoms with Gasteiger partial charge in [0.15, 0.2) is 0 Å². The average Bonchev–Trinajstić information content (AvgIpc) is 2.13. The summed E-state index contributed by atoms with van der Waals surface area (Å²) in [7, 11) is 0. The third-order valence-corrected chi connectivity index (χ3v) is 4.69. The molecule has 0 aromatic carbocycles. The van der Waals surface area contributed by atoms with Gasteiger partial charge in [-0.15, -0.1) is 0 Å². The molecule has 0 aromatic heterocycles. The van der Waals surface area contributed by atoms with Crippen molar-refractivity contribution in [2.75, 3.05) is 6.61 Å². The van der Waals surface area contributed by atoms with Crippen LogP contribution in [0.2, 0.25) is 0 Å². The van der Waals surface area contributed by atoms with Gasteiger partial charge in [0.25, 0.3) is 0 Å². The molecule has 4 fully saturated rings. The Labute approximate surface area is 79.0 Å². The van der Waals surface area contributed by atoms with Gasteiger partial charge in [-0.2, -0.15) is 0 Å². The van der Waals surface area contributed by atoms with Crippen LogP contribution in [0.1, 0.15) is 32.1 Å². The molecule has 2 unspecified atom stereocenters. The van der Waals surface area contributed by atoms with Gasteiger partial charge in [-0.05, 0) is 55.3 Å². The SMILES string of the molecule is OCC12CC3CC(C1)C(O)C(C3)C2. The Kier molecular flexibility index (Phi) is 1.58.